The third-order valence-electron chi connectivity index (χ3n) is 2.51. The van der Waals surface area contributed by atoms with Crippen molar-refractivity contribution in [2.45, 2.75) is 45.3 Å². The van der Waals surface area contributed by atoms with E-state index in [1.807, 2.05) is 0 Å². The van der Waals surface area contributed by atoms with Gasteiger partial charge in [0.25, 0.3) is 0 Å². The zero-order chi connectivity index (χ0) is 13.8. The SMILES string of the molecule is CC(C)(C)OC(=O)COC1CCCN(C(=O)O)C1. The second-order valence-electron chi connectivity index (χ2n) is 5.39. The Morgan fingerprint density at radius 3 is 2.61 bits per heavy atom. The lowest BCUT2D eigenvalue weighted by atomic mass is 10.1. The second kappa shape index (κ2) is 6.04. The topological polar surface area (TPSA) is 76.1 Å². The third kappa shape index (κ3) is 5.35. The molecule has 0 spiro atoms. The molecule has 104 valence electrons. The maximum Gasteiger partial charge on any atom is 0.407 e. The summed E-state index contributed by atoms with van der Waals surface area (Å²) in [7, 11) is 0. The molecule has 1 unspecified atom stereocenters. The van der Waals surface area contributed by atoms with Gasteiger partial charge >= 0.3 is 12.1 Å². The minimum atomic E-state index is -0.944. The van der Waals surface area contributed by atoms with E-state index in [1.165, 1.54) is 4.90 Å². The van der Waals surface area contributed by atoms with Crippen LogP contribution in [0.5, 0.6) is 0 Å². The molecule has 6 heteroatoms. The van der Waals surface area contributed by atoms with Crippen LogP contribution in [0.2, 0.25) is 0 Å². The number of likely N-dealkylation sites (tertiary alicyclic amines) is 1. The fourth-order valence-electron chi connectivity index (χ4n) is 1.80. The molecular formula is C12H21NO5. The molecule has 18 heavy (non-hydrogen) atoms. The van der Waals surface area contributed by atoms with Gasteiger partial charge in [-0.25, -0.2) is 9.59 Å². The fourth-order valence-corrected chi connectivity index (χ4v) is 1.80. The van der Waals surface area contributed by atoms with Crippen molar-refractivity contribution in [3.8, 4) is 0 Å². The molecule has 0 bridgehead atoms. The first kappa shape index (κ1) is 14.8. The molecule has 1 N–H and O–H groups in total. The van der Waals surface area contributed by atoms with Gasteiger partial charge in [0, 0.05) is 6.54 Å². The summed E-state index contributed by atoms with van der Waals surface area (Å²) in [5.41, 5.74) is -0.528. The summed E-state index contributed by atoms with van der Waals surface area (Å²) in [6.45, 7) is 6.09. The Bertz CT molecular complexity index is 310. The van der Waals surface area contributed by atoms with Crippen molar-refractivity contribution in [1.82, 2.24) is 4.90 Å². The number of carbonyl (C=O) groups is 2. The summed E-state index contributed by atoms with van der Waals surface area (Å²) in [5, 5.41) is 8.87. The molecule has 1 aliphatic heterocycles. The van der Waals surface area contributed by atoms with Gasteiger partial charge in [0.1, 0.15) is 12.2 Å². The van der Waals surface area contributed by atoms with Gasteiger partial charge in [-0.2, -0.15) is 0 Å². The number of amides is 1. The van der Waals surface area contributed by atoms with Gasteiger partial charge in [-0.15, -0.1) is 0 Å². The average Bonchev–Trinajstić information content (AvgIpc) is 2.24. The number of hydrogen-bond acceptors (Lipinski definition) is 4. The van der Waals surface area contributed by atoms with Crippen molar-refractivity contribution in [1.29, 1.82) is 0 Å². The predicted molar refractivity (Wildman–Crippen MR) is 64.4 cm³/mol. The van der Waals surface area contributed by atoms with Crippen molar-refractivity contribution in [2.24, 2.45) is 0 Å². The Morgan fingerprint density at radius 1 is 1.39 bits per heavy atom. The van der Waals surface area contributed by atoms with E-state index in [4.69, 9.17) is 14.6 Å². The van der Waals surface area contributed by atoms with Crippen molar-refractivity contribution in [3.63, 3.8) is 0 Å². The molecule has 1 heterocycles. The summed E-state index contributed by atoms with van der Waals surface area (Å²) in [4.78, 5) is 23.6. The molecule has 1 amide bonds. The van der Waals surface area contributed by atoms with E-state index in [2.05, 4.69) is 0 Å². The van der Waals surface area contributed by atoms with Gasteiger partial charge in [-0.1, -0.05) is 0 Å². The van der Waals surface area contributed by atoms with E-state index in [9.17, 15) is 9.59 Å². The molecule has 0 saturated carbocycles. The highest BCUT2D eigenvalue weighted by Gasteiger charge is 2.25. The largest absolute Gasteiger partial charge is 0.465 e. The minimum absolute atomic E-state index is 0.130. The number of rotatable bonds is 3. The molecule has 1 fully saturated rings. The Morgan fingerprint density at radius 2 is 2.06 bits per heavy atom. The van der Waals surface area contributed by atoms with Crippen LogP contribution in [0.1, 0.15) is 33.6 Å². The van der Waals surface area contributed by atoms with Gasteiger partial charge in [0.2, 0.25) is 0 Å². The standard InChI is InChI=1S/C12H21NO5/c1-12(2,3)18-10(14)8-17-9-5-4-6-13(7-9)11(15)16/h9H,4-8H2,1-3H3,(H,15,16). The smallest absolute Gasteiger partial charge is 0.407 e. The van der Waals surface area contributed by atoms with Crippen LogP contribution in [0, 0.1) is 0 Å². The zero-order valence-electron chi connectivity index (χ0n) is 11.1. The van der Waals surface area contributed by atoms with E-state index in [0.29, 0.717) is 13.1 Å². The molecule has 0 aromatic heterocycles. The maximum atomic E-state index is 11.4. The van der Waals surface area contributed by atoms with Crippen LogP contribution in [0.3, 0.4) is 0 Å². The lowest BCUT2D eigenvalue weighted by Crippen LogP contribution is -2.43. The van der Waals surface area contributed by atoms with Crippen molar-refractivity contribution in [2.75, 3.05) is 19.7 Å². The quantitative estimate of drug-likeness (QED) is 0.777. The van der Waals surface area contributed by atoms with Crippen LogP contribution < -0.4 is 0 Å². The van der Waals surface area contributed by atoms with Crippen LogP contribution >= 0.6 is 0 Å². The molecule has 6 nitrogen and oxygen atoms in total. The molecule has 1 aliphatic rings. The number of nitrogens with zero attached hydrogens (tertiary/aromatic N) is 1. The highest BCUT2D eigenvalue weighted by atomic mass is 16.6. The lowest BCUT2D eigenvalue weighted by molar-refractivity contribution is -0.163. The first-order chi connectivity index (χ1) is 8.28. The summed E-state index contributed by atoms with van der Waals surface area (Å²) >= 11 is 0. The number of piperidine rings is 1. The summed E-state index contributed by atoms with van der Waals surface area (Å²) < 4.78 is 10.5. The van der Waals surface area contributed by atoms with Gasteiger partial charge in [0.05, 0.1) is 12.6 Å². The first-order valence-electron chi connectivity index (χ1n) is 6.09. The maximum absolute atomic E-state index is 11.4. The van der Waals surface area contributed by atoms with Crippen LogP contribution in [0.15, 0.2) is 0 Å². The van der Waals surface area contributed by atoms with E-state index in [0.717, 1.165) is 12.8 Å². The zero-order valence-corrected chi connectivity index (χ0v) is 11.1. The van der Waals surface area contributed by atoms with Crippen molar-refractivity contribution >= 4 is 12.1 Å². The molecule has 0 aromatic carbocycles. The Kier molecular flexibility index (Phi) is 4.95. The summed E-state index contributed by atoms with van der Waals surface area (Å²) in [5.74, 6) is -0.421. The van der Waals surface area contributed by atoms with E-state index >= 15 is 0 Å². The normalized spacial score (nSPS) is 20.6. The number of hydrogen-bond donors (Lipinski definition) is 1. The van der Waals surface area contributed by atoms with Gasteiger partial charge < -0.3 is 19.5 Å². The van der Waals surface area contributed by atoms with Gasteiger partial charge in [-0.3, -0.25) is 0 Å². The number of ether oxygens (including phenoxy) is 2. The first-order valence-corrected chi connectivity index (χ1v) is 6.09. The third-order valence-corrected chi connectivity index (χ3v) is 2.51. The van der Waals surface area contributed by atoms with Gasteiger partial charge in [-0.05, 0) is 33.6 Å². The second-order valence-corrected chi connectivity index (χ2v) is 5.39. The average molecular weight is 259 g/mol. The van der Waals surface area contributed by atoms with Crippen LogP contribution in [0.25, 0.3) is 0 Å². The highest BCUT2D eigenvalue weighted by Crippen LogP contribution is 2.14. The Labute approximate surface area is 107 Å². The van der Waals surface area contributed by atoms with Crippen molar-refractivity contribution in [3.05, 3.63) is 0 Å². The Hall–Kier alpha value is -1.30. The molecule has 1 atom stereocenters. The molecule has 1 saturated heterocycles. The number of carbonyl (C=O) groups excluding carboxylic acids is 1. The van der Waals surface area contributed by atoms with Gasteiger partial charge in [0.15, 0.2) is 0 Å². The van der Waals surface area contributed by atoms with Crippen molar-refractivity contribution < 1.29 is 24.2 Å². The predicted octanol–water partition coefficient (Wildman–Crippen LogP) is 1.49. The number of esters is 1. The molecule has 1 rings (SSSR count). The molecule has 0 aromatic rings. The number of carboxylic acid groups (broad SMARTS) is 1. The van der Waals surface area contributed by atoms with E-state index in [1.54, 1.807) is 20.8 Å². The monoisotopic (exact) mass is 259 g/mol. The van der Waals surface area contributed by atoms with E-state index in [-0.39, 0.29) is 12.7 Å². The highest BCUT2D eigenvalue weighted by molar-refractivity contribution is 5.71. The van der Waals surface area contributed by atoms with Crippen LogP contribution in [-0.4, -0.2) is 53.5 Å². The molecular weight excluding hydrogens is 238 g/mol. The van der Waals surface area contributed by atoms with Crippen LogP contribution in [0.4, 0.5) is 4.79 Å². The van der Waals surface area contributed by atoms with E-state index < -0.39 is 17.7 Å². The Balaban J connectivity index is 2.31. The van der Waals surface area contributed by atoms with Crippen LogP contribution in [-0.2, 0) is 14.3 Å². The molecule has 0 radical (unpaired) electrons. The summed E-state index contributed by atoms with van der Waals surface area (Å²) in [6, 6.07) is 0. The minimum Gasteiger partial charge on any atom is -0.465 e. The fraction of sp³-hybridized carbons (Fsp3) is 0.833. The molecule has 0 aliphatic carbocycles. The lowest BCUT2D eigenvalue weighted by Gasteiger charge is -2.30. The summed E-state index contributed by atoms with van der Waals surface area (Å²) in [6.07, 6.45) is 0.362.